The molecule has 14 heavy (non-hydrogen) atoms. The van der Waals surface area contributed by atoms with Gasteiger partial charge >= 0.3 is 0 Å². The van der Waals surface area contributed by atoms with E-state index < -0.39 is 0 Å². The Hall–Kier alpha value is 0.270. The molecule has 0 aromatic carbocycles. The fraction of sp³-hybridized carbons (Fsp3) is 1.00. The van der Waals surface area contributed by atoms with Crippen LogP contribution in [0, 0.1) is 5.92 Å². The Morgan fingerprint density at radius 1 is 1.36 bits per heavy atom. The zero-order valence-corrected chi connectivity index (χ0v) is 9.65. The fourth-order valence-electron chi connectivity index (χ4n) is 2.19. The molecular formula is C11H21NOS. The molecular weight excluding hydrogens is 194 g/mol. The Kier molecular flexibility index (Phi) is 4.61. The van der Waals surface area contributed by atoms with Gasteiger partial charge in [-0.1, -0.05) is 0 Å². The van der Waals surface area contributed by atoms with E-state index >= 15 is 0 Å². The summed E-state index contributed by atoms with van der Waals surface area (Å²) in [4.78, 5) is 0. The Bertz CT molecular complexity index is 135. The number of ether oxygens (including phenoxy) is 1. The molecule has 0 aromatic rings. The van der Waals surface area contributed by atoms with Gasteiger partial charge in [-0.25, -0.2) is 0 Å². The Morgan fingerprint density at radius 2 is 2.36 bits per heavy atom. The molecule has 2 unspecified atom stereocenters. The highest BCUT2D eigenvalue weighted by molar-refractivity contribution is 7.99. The minimum absolute atomic E-state index is 0.556. The molecule has 2 saturated heterocycles. The highest BCUT2D eigenvalue weighted by Gasteiger charge is 2.16. The molecule has 2 aliphatic heterocycles. The van der Waals surface area contributed by atoms with Crippen molar-refractivity contribution in [3.63, 3.8) is 0 Å². The lowest BCUT2D eigenvalue weighted by molar-refractivity contribution is 0.104. The van der Waals surface area contributed by atoms with Gasteiger partial charge in [-0.05, 0) is 56.2 Å². The molecule has 0 aromatic heterocycles. The quantitative estimate of drug-likeness (QED) is 0.708. The van der Waals surface area contributed by atoms with Crippen molar-refractivity contribution in [2.75, 3.05) is 31.2 Å². The maximum atomic E-state index is 5.58. The smallest absolute Gasteiger partial charge is 0.0588 e. The first-order valence-electron chi connectivity index (χ1n) is 5.85. The van der Waals surface area contributed by atoms with Gasteiger partial charge in [0, 0.05) is 6.61 Å². The third kappa shape index (κ3) is 3.44. The standard InChI is InChI=1S/C11H21NOS/c1-2-11(13-6-1)3-5-12-8-10-4-7-14-9-10/h10-12H,1-9H2. The van der Waals surface area contributed by atoms with E-state index in [9.17, 15) is 0 Å². The Labute approximate surface area is 91.2 Å². The van der Waals surface area contributed by atoms with Crippen molar-refractivity contribution in [2.24, 2.45) is 5.92 Å². The van der Waals surface area contributed by atoms with Crippen molar-refractivity contribution >= 4 is 11.8 Å². The number of hydrogen-bond donors (Lipinski definition) is 1. The lowest BCUT2D eigenvalue weighted by atomic mass is 10.1. The predicted octanol–water partition coefficient (Wildman–Crippen LogP) is 1.90. The van der Waals surface area contributed by atoms with E-state index in [0.29, 0.717) is 6.10 Å². The third-order valence-corrected chi connectivity index (χ3v) is 4.36. The van der Waals surface area contributed by atoms with Crippen molar-refractivity contribution < 1.29 is 4.74 Å². The molecule has 2 rings (SSSR count). The number of hydrogen-bond acceptors (Lipinski definition) is 3. The number of rotatable bonds is 5. The summed E-state index contributed by atoms with van der Waals surface area (Å²) in [5, 5.41) is 3.56. The van der Waals surface area contributed by atoms with E-state index in [0.717, 1.165) is 19.1 Å². The zero-order valence-electron chi connectivity index (χ0n) is 8.84. The molecule has 0 spiro atoms. The summed E-state index contributed by atoms with van der Waals surface area (Å²) in [7, 11) is 0. The highest BCUT2D eigenvalue weighted by Crippen LogP contribution is 2.22. The van der Waals surface area contributed by atoms with Crippen molar-refractivity contribution in [1.29, 1.82) is 0 Å². The Balaban J connectivity index is 1.46. The SMILES string of the molecule is C1COC(CCNCC2CCSC2)C1. The lowest BCUT2D eigenvalue weighted by Crippen LogP contribution is -2.26. The number of nitrogens with one attached hydrogen (secondary N) is 1. The topological polar surface area (TPSA) is 21.3 Å². The molecule has 0 saturated carbocycles. The van der Waals surface area contributed by atoms with Crippen molar-refractivity contribution in [3.8, 4) is 0 Å². The van der Waals surface area contributed by atoms with Crippen LogP contribution in [-0.4, -0.2) is 37.3 Å². The third-order valence-electron chi connectivity index (χ3n) is 3.12. The molecule has 2 fully saturated rings. The van der Waals surface area contributed by atoms with Gasteiger partial charge in [0.05, 0.1) is 6.10 Å². The average molecular weight is 215 g/mol. The maximum absolute atomic E-state index is 5.58. The average Bonchev–Trinajstić information content (AvgIpc) is 2.86. The second kappa shape index (κ2) is 5.99. The fourth-order valence-corrected chi connectivity index (χ4v) is 3.47. The monoisotopic (exact) mass is 215 g/mol. The van der Waals surface area contributed by atoms with Crippen LogP contribution in [0.3, 0.4) is 0 Å². The predicted molar refractivity (Wildman–Crippen MR) is 61.9 cm³/mol. The van der Waals surface area contributed by atoms with Gasteiger partial charge in [-0.15, -0.1) is 0 Å². The molecule has 3 heteroatoms. The molecule has 2 nitrogen and oxygen atoms in total. The lowest BCUT2D eigenvalue weighted by Gasteiger charge is -2.12. The molecule has 0 amide bonds. The minimum atomic E-state index is 0.556. The van der Waals surface area contributed by atoms with E-state index in [2.05, 4.69) is 17.1 Å². The second-order valence-electron chi connectivity index (χ2n) is 4.36. The maximum Gasteiger partial charge on any atom is 0.0588 e. The first-order valence-corrected chi connectivity index (χ1v) is 7.00. The van der Waals surface area contributed by atoms with Crippen molar-refractivity contribution in [1.82, 2.24) is 5.32 Å². The largest absolute Gasteiger partial charge is 0.378 e. The normalized spacial score (nSPS) is 32.6. The van der Waals surface area contributed by atoms with Crippen LogP contribution < -0.4 is 5.32 Å². The van der Waals surface area contributed by atoms with Crippen molar-refractivity contribution in [3.05, 3.63) is 0 Å². The van der Waals surface area contributed by atoms with Gasteiger partial charge in [-0.3, -0.25) is 0 Å². The summed E-state index contributed by atoms with van der Waals surface area (Å²) in [6.07, 6.45) is 5.72. The molecule has 82 valence electrons. The molecule has 2 atom stereocenters. The van der Waals surface area contributed by atoms with Crippen LogP contribution in [0.5, 0.6) is 0 Å². The van der Waals surface area contributed by atoms with E-state index in [1.54, 1.807) is 0 Å². The van der Waals surface area contributed by atoms with Crippen LogP contribution in [0.2, 0.25) is 0 Å². The summed E-state index contributed by atoms with van der Waals surface area (Å²) in [5.74, 6) is 3.68. The summed E-state index contributed by atoms with van der Waals surface area (Å²) in [6.45, 7) is 3.36. The van der Waals surface area contributed by atoms with Gasteiger partial charge in [-0.2, -0.15) is 11.8 Å². The summed E-state index contributed by atoms with van der Waals surface area (Å²) < 4.78 is 5.58. The molecule has 0 radical (unpaired) electrons. The second-order valence-corrected chi connectivity index (χ2v) is 5.51. The van der Waals surface area contributed by atoms with E-state index in [-0.39, 0.29) is 0 Å². The van der Waals surface area contributed by atoms with Crippen LogP contribution in [0.25, 0.3) is 0 Å². The highest BCUT2D eigenvalue weighted by atomic mass is 32.2. The van der Waals surface area contributed by atoms with Gasteiger partial charge in [0.1, 0.15) is 0 Å². The van der Waals surface area contributed by atoms with Gasteiger partial charge in [0.25, 0.3) is 0 Å². The van der Waals surface area contributed by atoms with Gasteiger partial charge < -0.3 is 10.1 Å². The van der Waals surface area contributed by atoms with E-state index in [1.807, 2.05) is 0 Å². The van der Waals surface area contributed by atoms with Crippen LogP contribution in [0.4, 0.5) is 0 Å². The zero-order chi connectivity index (χ0) is 9.64. The van der Waals surface area contributed by atoms with Crippen LogP contribution in [0.15, 0.2) is 0 Å². The van der Waals surface area contributed by atoms with E-state index in [1.165, 1.54) is 43.7 Å². The number of thioether (sulfide) groups is 1. The molecule has 0 bridgehead atoms. The first kappa shape index (κ1) is 10.8. The van der Waals surface area contributed by atoms with Crippen molar-refractivity contribution in [2.45, 2.75) is 31.8 Å². The molecule has 0 aliphatic carbocycles. The molecule has 1 N–H and O–H groups in total. The van der Waals surface area contributed by atoms with Crippen LogP contribution in [-0.2, 0) is 4.74 Å². The summed E-state index contributed by atoms with van der Waals surface area (Å²) >= 11 is 2.10. The first-order chi connectivity index (χ1) is 6.95. The molecule has 2 heterocycles. The molecule has 2 aliphatic rings. The minimum Gasteiger partial charge on any atom is -0.378 e. The summed E-state index contributed by atoms with van der Waals surface area (Å²) in [5.41, 5.74) is 0. The van der Waals surface area contributed by atoms with Crippen LogP contribution >= 0.6 is 11.8 Å². The van der Waals surface area contributed by atoms with Gasteiger partial charge in [0.15, 0.2) is 0 Å². The summed E-state index contributed by atoms with van der Waals surface area (Å²) in [6, 6.07) is 0. The van der Waals surface area contributed by atoms with Crippen LogP contribution in [0.1, 0.15) is 25.7 Å². The Morgan fingerprint density at radius 3 is 3.07 bits per heavy atom. The van der Waals surface area contributed by atoms with E-state index in [4.69, 9.17) is 4.74 Å². The van der Waals surface area contributed by atoms with Gasteiger partial charge in [0.2, 0.25) is 0 Å².